The molecule has 0 aromatic rings. The zero-order valence-electron chi connectivity index (χ0n) is 34.0. The van der Waals surface area contributed by atoms with Crippen molar-refractivity contribution in [3.63, 3.8) is 0 Å². The van der Waals surface area contributed by atoms with E-state index in [4.69, 9.17) is 14.2 Å². The van der Waals surface area contributed by atoms with Gasteiger partial charge in [-0.2, -0.15) is 0 Å². The summed E-state index contributed by atoms with van der Waals surface area (Å²) in [7, 11) is 3.57. The third-order valence-electron chi connectivity index (χ3n) is 17.5. The Morgan fingerprint density at radius 3 is 2.59 bits per heavy atom. The standard InChI is InChI=1S/C44H65N3O9/c1-40-14-11-26(55-19-7-18-54-5)21-30(40)33(48)28-10-9-24-20-32-41(2)15-16-43(40,36(28)44(24,41)53)13-6-8-25-23-47(25)39(51)31-22-29-27(12-17-45-4)34(37(49)42(32,3)52)56-35(29)38(50)46-31/h24-27,29-32,34-35,37-38,45-46,49-50,52-53H,7-12,14-23H2,1-5H3/t24-,25+,26+,27-,29-,30+,31-,32+,34+,35-,37-,38-,40+,41-,42+,43+,44-,47?/m1/s1. The van der Waals surface area contributed by atoms with Gasteiger partial charge >= 0.3 is 0 Å². The first-order chi connectivity index (χ1) is 26.7. The van der Waals surface area contributed by atoms with Gasteiger partial charge in [-0.15, -0.1) is 5.92 Å². The number of nitrogens with zero attached hydrogens (tertiary/aromatic N) is 1. The summed E-state index contributed by atoms with van der Waals surface area (Å²) < 4.78 is 18.2. The minimum Gasteiger partial charge on any atom is -0.387 e. The molecule has 12 heteroatoms. The molecule has 1 amide bonds. The molecule has 3 saturated carbocycles. The van der Waals surface area contributed by atoms with Gasteiger partial charge in [0.15, 0.2) is 5.78 Å². The van der Waals surface area contributed by atoms with E-state index >= 15 is 4.79 Å². The summed E-state index contributed by atoms with van der Waals surface area (Å²) in [5.41, 5.74) is -3.73. The monoisotopic (exact) mass is 779 g/mol. The molecule has 10 rings (SSSR count). The van der Waals surface area contributed by atoms with E-state index in [1.54, 1.807) is 14.0 Å². The molecule has 17 atom stereocenters. The van der Waals surface area contributed by atoms with Crippen molar-refractivity contribution >= 4 is 11.7 Å². The predicted molar refractivity (Wildman–Crippen MR) is 206 cm³/mol. The van der Waals surface area contributed by atoms with Crippen LogP contribution < -0.4 is 10.6 Å². The summed E-state index contributed by atoms with van der Waals surface area (Å²) in [6, 6.07) is -0.640. The number of carbonyl (C=O) groups is 2. The predicted octanol–water partition coefficient (Wildman–Crippen LogP) is 2.06. The highest BCUT2D eigenvalue weighted by atomic mass is 16.5. The van der Waals surface area contributed by atoms with Crippen molar-refractivity contribution in [2.45, 2.75) is 152 Å². The number of methoxy groups -OCH3 is 1. The maximum absolute atomic E-state index is 15.0. The zero-order chi connectivity index (χ0) is 39.6. The van der Waals surface area contributed by atoms with Gasteiger partial charge in [0.1, 0.15) is 18.4 Å². The van der Waals surface area contributed by atoms with Crippen LogP contribution >= 0.6 is 0 Å². The van der Waals surface area contributed by atoms with Crippen LogP contribution in [0.15, 0.2) is 11.1 Å². The number of hydrogen-bond acceptors (Lipinski definition) is 11. The highest BCUT2D eigenvalue weighted by Gasteiger charge is 2.78. The molecular formula is C44H65N3O9. The van der Waals surface area contributed by atoms with Crippen molar-refractivity contribution in [1.82, 2.24) is 15.5 Å². The number of ketones is 1. The van der Waals surface area contributed by atoms with Gasteiger partial charge in [0.05, 0.1) is 40.9 Å². The number of rotatable bonds is 8. The summed E-state index contributed by atoms with van der Waals surface area (Å²) in [6.07, 6.45) is 3.53. The topological polar surface area (TPSA) is 170 Å². The van der Waals surface area contributed by atoms with E-state index in [0.29, 0.717) is 84.1 Å². The second kappa shape index (κ2) is 13.8. The van der Waals surface area contributed by atoms with Crippen molar-refractivity contribution < 1.29 is 44.2 Å². The number of allylic oxidation sites excluding steroid dienone is 1. The van der Waals surface area contributed by atoms with E-state index in [0.717, 1.165) is 30.4 Å². The minimum atomic E-state index is -1.68. The number of aliphatic hydroxyl groups is 4. The molecule has 0 unspecified atom stereocenters. The SMILES string of the molecule is CNCC[C@@H]1[C@H]2C[C@H]3N[C@H](O)[C@@H]2O[C@@H]1[C@@H](O)[C@@](C)(O)[C@H]1C[C@H]2CCC4=C5[C@](C#CC[C@H]6CN6C3=O)(CC[C@@]1(C)[C@]52O)[C@@]1(C)CC[C@H](OCCCOC)C[C@H]1C4=O. The zero-order valence-corrected chi connectivity index (χ0v) is 34.0. The molecule has 0 aromatic carbocycles. The average molecular weight is 780 g/mol. The van der Waals surface area contributed by atoms with Crippen LogP contribution in [-0.4, -0.2) is 131 Å². The van der Waals surface area contributed by atoms with E-state index in [1.165, 1.54) is 0 Å². The smallest absolute Gasteiger partial charge is 0.240 e. The Morgan fingerprint density at radius 1 is 1.02 bits per heavy atom. The fraction of sp³-hybridized carbons (Fsp3) is 0.864. The van der Waals surface area contributed by atoms with Crippen LogP contribution in [0.25, 0.3) is 0 Å². The van der Waals surface area contributed by atoms with Crippen LogP contribution in [0.5, 0.6) is 0 Å². The Bertz CT molecular complexity index is 1710. The van der Waals surface area contributed by atoms with Crippen molar-refractivity contribution in [3.8, 4) is 11.8 Å². The van der Waals surface area contributed by atoms with Crippen molar-refractivity contribution in [2.24, 2.45) is 45.8 Å². The molecule has 0 radical (unpaired) electrons. The number of ether oxygens (including phenoxy) is 3. The lowest BCUT2D eigenvalue weighted by atomic mass is 9.37. The lowest BCUT2D eigenvalue weighted by Crippen LogP contribution is -2.69. The Labute approximate surface area is 331 Å². The average Bonchev–Trinajstić information content (AvgIpc) is 3.78. The summed E-state index contributed by atoms with van der Waals surface area (Å²) in [6.45, 7) is 8.48. The highest BCUT2D eigenvalue weighted by Crippen LogP contribution is 2.77. The van der Waals surface area contributed by atoms with Crippen LogP contribution in [0.2, 0.25) is 0 Å². The van der Waals surface area contributed by atoms with E-state index < -0.39 is 63.9 Å². The Balaban J connectivity index is 1.16. The van der Waals surface area contributed by atoms with Crippen LogP contribution in [-0.2, 0) is 23.8 Å². The molecule has 1 spiro atoms. The van der Waals surface area contributed by atoms with Gasteiger partial charge in [-0.1, -0.05) is 19.8 Å². The molecule has 5 heterocycles. The lowest BCUT2D eigenvalue weighted by Gasteiger charge is -2.67. The molecule has 10 aliphatic rings. The van der Waals surface area contributed by atoms with Crippen LogP contribution in [0.1, 0.15) is 97.8 Å². The van der Waals surface area contributed by atoms with Gasteiger partial charge in [0.25, 0.3) is 0 Å². The first-order valence-electron chi connectivity index (χ1n) is 21.7. The van der Waals surface area contributed by atoms with E-state index in [1.807, 2.05) is 11.9 Å². The number of aliphatic hydroxyl groups excluding tert-OH is 2. The molecule has 5 aliphatic heterocycles. The first-order valence-corrected chi connectivity index (χ1v) is 21.7. The van der Waals surface area contributed by atoms with E-state index in [2.05, 4.69) is 36.3 Å². The third-order valence-corrected chi connectivity index (χ3v) is 17.5. The summed E-state index contributed by atoms with van der Waals surface area (Å²) in [5, 5.41) is 57.0. The third kappa shape index (κ3) is 5.37. The largest absolute Gasteiger partial charge is 0.387 e. The summed E-state index contributed by atoms with van der Waals surface area (Å²) in [4.78, 5) is 30.9. The Kier molecular flexibility index (Phi) is 9.75. The molecular weight excluding hydrogens is 714 g/mol. The van der Waals surface area contributed by atoms with Gasteiger partial charge in [-0.05, 0) is 131 Å². The van der Waals surface area contributed by atoms with Gasteiger partial charge in [-0.3, -0.25) is 14.9 Å². The number of fused-ring (bicyclic) bond motifs is 4. The van der Waals surface area contributed by atoms with Crippen LogP contribution in [0.3, 0.4) is 0 Å². The summed E-state index contributed by atoms with van der Waals surface area (Å²) in [5.74, 6) is 6.05. The second-order valence-electron chi connectivity index (χ2n) is 19.9. The number of piperidine rings is 1. The van der Waals surface area contributed by atoms with Crippen molar-refractivity contribution in [2.75, 3.05) is 40.5 Å². The van der Waals surface area contributed by atoms with Crippen molar-refractivity contribution in [3.05, 3.63) is 11.1 Å². The maximum atomic E-state index is 15.0. The fourth-order valence-corrected chi connectivity index (χ4v) is 14.4. The van der Waals surface area contributed by atoms with Crippen LogP contribution in [0, 0.1) is 57.7 Å². The normalized spacial score (nSPS) is 51.6. The quantitative estimate of drug-likeness (QED) is 0.121. The van der Waals surface area contributed by atoms with E-state index in [9.17, 15) is 25.2 Å². The minimum absolute atomic E-state index is 0.0389. The Hall–Kier alpha value is -1.92. The van der Waals surface area contributed by atoms with E-state index in [-0.39, 0.29) is 47.5 Å². The molecule has 310 valence electrons. The molecule has 56 heavy (non-hydrogen) atoms. The number of carbonyl (C=O) groups excluding carboxylic acids is 2. The van der Waals surface area contributed by atoms with Gasteiger partial charge < -0.3 is 44.9 Å². The van der Waals surface area contributed by atoms with Gasteiger partial charge in [-0.25, -0.2) is 0 Å². The molecule has 12 nitrogen and oxygen atoms in total. The first kappa shape index (κ1) is 39.5. The Morgan fingerprint density at radius 2 is 1.82 bits per heavy atom. The number of amides is 1. The number of nitrogens with one attached hydrogen (secondary N) is 2. The maximum Gasteiger partial charge on any atom is 0.240 e. The molecule has 3 saturated heterocycles. The second-order valence-corrected chi connectivity index (χ2v) is 19.9. The lowest BCUT2D eigenvalue weighted by molar-refractivity contribution is -0.208. The van der Waals surface area contributed by atoms with Crippen molar-refractivity contribution in [1.29, 1.82) is 0 Å². The van der Waals surface area contributed by atoms with Gasteiger partial charge in [0, 0.05) is 44.6 Å². The molecule has 6 fully saturated rings. The van der Waals surface area contributed by atoms with Crippen LogP contribution in [0.4, 0.5) is 0 Å². The molecule has 0 aromatic heterocycles. The fourth-order valence-electron chi connectivity index (χ4n) is 14.4. The molecule has 7 bridgehead atoms. The number of Topliss-reactive ketones (excluding diaryl/α,β-unsaturated/α-hetero) is 1. The number of hydrogen-bond donors (Lipinski definition) is 6. The summed E-state index contributed by atoms with van der Waals surface area (Å²) >= 11 is 0. The highest BCUT2D eigenvalue weighted by molar-refractivity contribution is 6.01. The molecule has 6 N–H and O–H groups in total. The molecule has 5 aliphatic carbocycles. The van der Waals surface area contributed by atoms with Gasteiger partial charge in [0.2, 0.25) is 5.91 Å².